The van der Waals surface area contributed by atoms with Gasteiger partial charge in [0, 0.05) is 23.5 Å². The number of sulfonamides is 1. The lowest BCUT2D eigenvalue weighted by Crippen LogP contribution is -2.15. The SMILES string of the molecule is O=S(=O)(Nc1ccc(Cl)c2cc(-c3cccnc3)nn12)c1ccc(-c2cnco2)cc1. The summed E-state index contributed by atoms with van der Waals surface area (Å²) in [5, 5.41) is 4.96. The third-order valence-electron chi connectivity index (χ3n) is 4.65. The lowest BCUT2D eigenvalue weighted by Gasteiger charge is -2.10. The largest absolute Gasteiger partial charge is 0.444 e. The van der Waals surface area contributed by atoms with E-state index in [0.29, 0.717) is 22.0 Å². The summed E-state index contributed by atoms with van der Waals surface area (Å²) >= 11 is 6.32. The standard InChI is InChI=1S/C21H14ClN5O3S/c22-17-7-8-21(27-19(17)10-18(25-27)15-2-1-9-23-11-15)26-31(28,29)16-5-3-14(4-6-16)20-12-24-13-30-20/h1-13,26H. The molecule has 5 rings (SSSR count). The van der Waals surface area contributed by atoms with Crippen molar-refractivity contribution in [2.45, 2.75) is 4.90 Å². The van der Waals surface area contributed by atoms with Gasteiger partial charge in [0.05, 0.1) is 27.3 Å². The Morgan fingerprint density at radius 3 is 2.52 bits per heavy atom. The van der Waals surface area contributed by atoms with Gasteiger partial charge in [-0.1, -0.05) is 11.6 Å². The van der Waals surface area contributed by atoms with Gasteiger partial charge in [-0.05, 0) is 54.6 Å². The molecule has 0 saturated carbocycles. The molecule has 0 aliphatic heterocycles. The summed E-state index contributed by atoms with van der Waals surface area (Å²) < 4.78 is 35.2. The minimum Gasteiger partial charge on any atom is -0.444 e. The second kappa shape index (κ2) is 7.53. The lowest BCUT2D eigenvalue weighted by atomic mass is 10.2. The smallest absolute Gasteiger partial charge is 0.263 e. The van der Waals surface area contributed by atoms with Gasteiger partial charge in [-0.25, -0.2) is 17.9 Å². The van der Waals surface area contributed by atoms with Gasteiger partial charge in [-0.2, -0.15) is 5.10 Å². The molecule has 0 amide bonds. The number of aromatic nitrogens is 4. The van der Waals surface area contributed by atoms with Crippen molar-refractivity contribution >= 4 is 33.0 Å². The molecule has 0 aliphatic rings. The van der Waals surface area contributed by atoms with Gasteiger partial charge in [-0.3, -0.25) is 9.71 Å². The number of oxazole rings is 1. The maximum absolute atomic E-state index is 13.0. The van der Waals surface area contributed by atoms with Gasteiger partial charge in [0.1, 0.15) is 5.82 Å². The topological polar surface area (TPSA) is 102 Å². The van der Waals surface area contributed by atoms with Crippen molar-refractivity contribution < 1.29 is 12.8 Å². The molecule has 10 heteroatoms. The van der Waals surface area contributed by atoms with Crippen LogP contribution in [0.1, 0.15) is 0 Å². The predicted octanol–water partition coefficient (Wildman–Crippen LogP) is 4.51. The number of benzene rings is 1. The summed E-state index contributed by atoms with van der Waals surface area (Å²) in [7, 11) is -3.87. The number of nitrogens with one attached hydrogen (secondary N) is 1. The van der Waals surface area contributed by atoms with E-state index in [1.165, 1.54) is 23.0 Å². The molecule has 1 N–H and O–H groups in total. The fourth-order valence-corrected chi connectivity index (χ4v) is 4.37. The van der Waals surface area contributed by atoms with Gasteiger partial charge in [0.25, 0.3) is 10.0 Å². The molecule has 0 atom stereocenters. The second-order valence-electron chi connectivity index (χ2n) is 6.63. The van der Waals surface area contributed by atoms with E-state index in [0.717, 1.165) is 11.1 Å². The Kier molecular flexibility index (Phi) is 4.68. The second-order valence-corrected chi connectivity index (χ2v) is 8.72. The molecule has 31 heavy (non-hydrogen) atoms. The number of hydrogen-bond donors (Lipinski definition) is 1. The van der Waals surface area contributed by atoms with Gasteiger partial charge in [-0.15, -0.1) is 0 Å². The predicted molar refractivity (Wildman–Crippen MR) is 116 cm³/mol. The van der Waals surface area contributed by atoms with Crippen LogP contribution in [0.3, 0.4) is 0 Å². The summed E-state index contributed by atoms with van der Waals surface area (Å²) in [5.74, 6) is 0.810. The average Bonchev–Trinajstić information content (AvgIpc) is 3.47. The van der Waals surface area contributed by atoms with Gasteiger partial charge in [0.15, 0.2) is 12.2 Å². The van der Waals surface area contributed by atoms with E-state index in [2.05, 4.69) is 19.8 Å². The molecule has 0 saturated heterocycles. The maximum Gasteiger partial charge on any atom is 0.263 e. The molecule has 0 aliphatic carbocycles. The van der Waals surface area contributed by atoms with Crippen LogP contribution in [0, 0.1) is 0 Å². The first-order chi connectivity index (χ1) is 15.0. The summed E-state index contributed by atoms with van der Waals surface area (Å²) in [6.45, 7) is 0. The van der Waals surface area contributed by atoms with E-state index >= 15 is 0 Å². The highest BCUT2D eigenvalue weighted by atomic mass is 35.5. The van der Waals surface area contributed by atoms with E-state index in [9.17, 15) is 8.42 Å². The van der Waals surface area contributed by atoms with Crippen molar-refractivity contribution in [1.82, 2.24) is 19.6 Å². The molecular weight excluding hydrogens is 438 g/mol. The first-order valence-electron chi connectivity index (χ1n) is 9.12. The first-order valence-corrected chi connectivity index (χ1v) is 11.0. The zero-order valence-electron chi connectivity index (χ0n) is 15.8. The Labute approximate surface area is 182 Å². The van der Waals surface area contributed by atoms with E-state index in [1.807, 2.05) is 6.07 Å². The molecule has 0 bridgehead atoms. The molecule has 0 unspecified atom stereocenters. The maximum atomic E-state index is 13.0. The van der Waals surface area contributed by atoms with E-state index in [1.54, 1.807) is 55.0 Å². The fraction of sp³-hybridized carbons (Fsp3) is 0. The van der Waals surface area contributed by atoms with E-state index < -0.39 is 10.0 Å². The third-order valence-corrected chi connectivity index (χ3v) is 6.34. The normalized spacial score (nSPS) is 11.6. The van der Waals surface area contributed by atoms with Crippen molar-refractivity contribution in [3.8, 4) is 22.6 Å². The number of pyridine rings is 2. The van der Waals surface area contributed by atoms with Crippen LogP contribution < -0.4 is 4.72 Å². The molecule has 4 aromatic heterocycles. The molecule has 4 heterocycles. The van der Waals surface area contributed by atoms with Gasteiger partial charge < -0.3 is 4.42 Å². The number of anilines is 1. The Bertz CT molecular complexity index is 1470. The van der Waals surface area contributed by atoms with Crippen LogP contribution in [-0.4, -0.2) is 28.0 Å². The van der Waals surface area contributed by atoms with Crippen LogP contribution in [0.2, 0.25) is 5.02 Å². The van der Waals surface area contributed by atoms with Crippen LogP contribution in [0.5, 0.6) is 0 Å². The zero-order chi connectivity index (χ0) is 21.4. The molecular formula is C21H14ClN5O3S. The summed E-state index contributed by atoms with van der Waals surface area (Å²) in [4.78, 5) is 8.06. The Morgan fingerprint density at radius 2 is 1.81 bits per heavy atom. The molecule has 8 nitrogen and oxygen atoms in total. The monoisotopic (exact) mass is 451 g/mol. The quantitative estimate of drug-likeness (QED) is 0.422. The van der Waals surface area contributed by atoms with Crippen molar-refractivity contribution in [1.29, 1.82) is 0 Å². The number of hydrogen-bond acceptors (Lipinski definition) is 6. The van der Waals surface area contributed by atoms with Gasteiger partial charge >= 0.3 is 0 Å². The number of nitrogens with zero attached hydrogens (tertiary/aromatic N) is 4. The molecule has 1 aromatic carbocycles. The fourth-order valence-electron chi connectivity index (χ4n) is 3.13. The summed E-state index contributed by atoms with van der Waals surface area (Å²) in [6, 6.07) is 14.9. The van der Waals surface area contributed by atoms with Crippen molar-refractivity contribution in [2.75, 3.05) is 4.72 Å². The Balaban J connectivity index is 1.51. The Morgan fingerprint density at radius 1 is 0.968 bits per heavy atom. The zero-order valence-corrected chi connectivity index (χ0v) is 17.4. The van der Waals surface area contributed by atoms with Crippen LogP contribution in [0.4, 0.5) is 5.82 Å². The lowest BCUT2D eigenvalue weighted by molar-refractivity contribution is 0.572. The van der Waals surface area contributed by atoms with E-state index in [4.69, 9.17) is 16.0 Å². The highest BCUT2D eigenvalue weighted by Crippen LogP contribution is 2.28. The molecule has 5 aromatic rings. The van der Waals surface area contributed by atoms with Crippen LogP contribution >= 0.6 is 11.6 Å². The third kappa shape index (κ3) is 3.65. The van der Waals surface area contributed by atoms with Crippen molar-refractivity contribution in [3.63, 3.8) is 0 Å². The number of fused-ring (bicyclic) bond motifs is 1. The van der Waals surface area contributed by atoms with Crippen molar-refractivity contribution in [3.05, 3.63) is 84.6 Å². The first kappa shape index (κ1) is 19.3. The number of halogens is 1. The van der Waals surface area contributed by atoms with Crippen LogP contribution in [0.25, 0.3) is 28.1 Å². The number of rotatable bonds is 5. The minimum atomic E-state index is -3.87. The summed E-state index contributed by atoms with van der Waals surface area (Å²) in [6.07, 6.45) is 6.22. The summed E-state index contributed by atoms with van der Waals surface area (Å²) in [5.41, 5.74) is 2.71. The average molecular weight is 452 g/mol. The van der Waals surface area contributed by atoms with Crippen LogP contribution in [0.15, 0.2) is 88.9 Å². The Hall–Kier alpha value is -3.69. The molecule has 0 radical (unpaired) electrons. The highest BCUT2D eigenvalue weighted by molar-refractivity contribution is 7.92. The van der Waals surface area contributed by atoms with Gasteiger partial charge in [0.2, 0.25) is 0 Å². The molecule has 0 fully saturated rings. The van der Waals surface area contributed by atoms with Crippen LogP contribution in [-0.2, 0) is 10.0 Å². The van der Waals surface area contributed by atoms with E-state index in [-0.39, 0.29) is 10.7 Å². The van der Waals surface area contributed by atoms with Crippen molar-refractivity contribution in [2.24, 2.45) is 0 Å². The minimum absolute atomic E-state index is 0.0958. The molecule has 0 spiro atoms. The molecule has 154 valence electrons. The highest BCUT2D eigenvalue weighted by Gasteiger charge is 2.18.